The van der Waals surface area contributed by atoms with Crippen LogP contribution in [0.15, 0.2) is 9.90 Å². The quantitative estimate of drug-likeness (QED) is 0.909. The van der Waals surface area contributed by atoms with E-state index in [-0.39, 0.29) is 23.9 Å². The summed E-state index contributed by atoms with van der Waals surface area (Å²) < 4.78 is 5.41. The Labute approximate surface area is 147 Å². The molecule has 0 amide bonds. The molecule has 1 unspecified atom stereocenters. The minimum absolute atomic E-state index is 0. The largest absolute Gasteiger partial charge is 0.339 e. The van der Waals surface area contributed by atoms with Gasteiger partial charge in [-0.05, 0) is 7.05 Å². The van der Waals surface area contributed by atoms with Gasteiger partial charge in [0.15, 0.2) is 5.82 Å². The fourth-order valence-electron chi connectivity index (χ4n) is 2.46. The van der Waals surface area contributed by atoms with Crippen LogP contribution in [0.4, 0.5) is 0 Å². The minimum Gasteiger partial charge on any atom is -0.339 e. The summed E-state index contributed by atoms with van der Waals surface area (Å²) in [6, 6.07) is 0.187. The molecule has 1 fully saturated rings. The van der Waals surface area contributed by atoms with Crippen molar-refractivity contribution in [1.29, 1.82) is 0 Å². The third-order valence-corrected chi connectivity index (χ3v) is 5.14. The number of hydrogen-bond acceptors (Lipinski definition) is 7. The second kappa shape index (κ2) is 7.25. The molecule has 0 radical (unpaired) electrons. The molecule has 0 bridgehead atoms. The van der Waals surface area contributed by atoms with Crippen LogP contribution in [0.3, 0.4) is 0 Å². The van der Waals surface area contributed by atoms with Crippen LogP contribution in [0.25, 0.3) is 0 Å². The lowest BCUT2D eigenvalue weighted by atomic mass is 9.98. The lowest BCUT2D eigenvalue weighted by Gasteiger charge is -2.30. The molecule has 128 valence electrons. The zero-order valence-electron chi connectivity index (χ0n) is 14.0. The third-order valence-electron chi connectivity index (χ3n) is 3.82. The molecule has 1 aliphatic heterocycles. The van der Waals surface area contributed by atoms with Gasteiger partial charge in [0, 0.05) is 30.4 Å². The second-order valence-electron chi connectivity index (χ2n) is 6.82. The van der Waals surface area contributed by atoms with Gasteiger partial charge in [0.25, 0.3) is 0 Å². The summed E-state index contributed by atoms with van der Waals surface area (Å²) >= 11 is 1.69. The SMILES string of the molecule is CN1CCNCC1c1noc(Cc2csc(C(C)(C)C)n2)n1.Cl. The summed E-state index contributed by atoms with van der Waals surface area (Å²) in [4.78, 5) is 11.5. The highest BCUT2D eigenvalue weighted by atomic mass is 35.5. The Morgan fingerprint density at radius 2 is 2.17 bits per heavy atom. The summed E-state index contributed by atoms with van der Waals surface area (Å²) in [6.07, 6.45) is 0.601. The molecule has 0 aromatic carbocycles. The lowest BCUT2D eigenvalue weighted by molar-refractivity contribution is 0.190. The van der Waals surface area contributed by atoms with Crippen LogP contribution in [0, 0.1) is 0 Å². The number of rotatable bonds is 3. The van der Waals surface area contributed by atoms with E-state index in [0.29, 0.717) is 12.3 Å². The summed E-state index contributed by atoms with van der Waals surface area (Å²) in [5.41, 5.74) is 1.08. The van der Waals surface area contributed by atoms with Gasteiger partial charge >= 0.3 is 0 Å². The molecule has 1 atom stereocenters. The van der Waals surface area contributed by atoms with Gasteiger partial charge in [0.05, 0.1) is 23.2 Å². The van der Waals surface area contributed by atoms with Crippen LogP contribution < -0.4 is 5.32 Å². The van der Waals surface area contributed by atoms with Crippen molar-refractivity contribution in [2.24, 2.45) is 0 Å². The molecule has 6 nitrogen and oxygen atoms in total. The van der Waals surface area contributed by atoms with Gasteiger partial charge in [-0.1, -0.05) is 25.9 Å². The first kappa shape index (κ1) is 18.3. The molecular formula is C15H24ClN5OS. The molecule has 1 N–H and O–H groups in total. The van der Waals surface area contributed by atoms with Crippen LogP contribution in [0.1, 0.15) is 49.2 Å². The van der Waals surface area contributed by atoms with E-state index in [2.05, 4.69) is 58.5 Å². The predicted molar refractivity (Wildman–Crippen MR) is 93.4 cm³/mol. The normalized spacial score (nSPS) is 19.6. The highest BCUT2D eigenvalue weighted by Crippen LogP contribution is 2.26. The predicted octanol–water partition coefficient (Wildman–Crippen LogP) is 2.41. The monoisotopic (exact) mass is 357 g/mol. The van der Waals surface area contributed by atoms with Crippen molar-refractivity contribution in [2.75, 3.05) is 26.7 Å². The third kappa shape index (κ3) is 4.29. The van der Waals surface area contributed by atoms with Crippen LogP contribution in [-0.4, -0.2) is 46.7 Å². The van der Waals surface area contributed by atoms with E-state index < -0.39 is 0 Å². The van der Waals surface area contributed by atoms with Crippen LogP contribution in [0.5, 0.6) is 0 Å². The Morgan fingerprint density at radius 1 is 1.39 bits per heavy atom. The number of hydrogen-bond donors (Lipinski definition) is 1. The number of aromatic nitrogens is 3. The Kier molecular flexibility index (Phi) is 5.78. The Morgan fingerprint density at radius 3 is 2.83 bits per heavy atom. The maximum atomic E-state index is 5.41. The summed E-state index contributed by atoms with van der Waals surface area (Å²) in [7, 11) is 2.09. The Hall–Kier alpha value is -1.02. The van der Waals surface area contributed by atoms with Crippen LogP contribution in [-0.2, 0) is 11.8 Å². The van der Waals surface area contributed by atoms with Crippen molar-refractivity contribution in [3.8, 4) is 0 Å². The number of piperazine rings is 1. The van der Waals surface area contributed by atoms with E-state index >= 15 is 0 Å². The van der Waals surface area contributed by atoms with Crippen molar-refractivity contribution in [3.63, 3.8) is 0 Å². The molecule has 0 spiro atoms. The zero-order valence-corrected chi connectivity index (χ0v) is 15.6. The van der Waals surface area contributed by atoms with E-state index in [9.17, 15) is 0 Å². The molecule has 3 heterocycles. The Balaban J connectivity index is 0.00000192. The standard InChI is InChI=1S/C15H23N5OS.ClH/c1-15(2,3)14-17-10(9-22-14)7-12-18-13(19-21-12)11-8-16-5-6-20(11)4;/h9,11,16H,5-8H2,1-4H3;1H. The van der Waals surface area contributed by atoms with Crippen molar-refractivity contribution >= 4 is 23.7 Å². The molecule has 3 rings (SSSR count). The fraction of sp³-hybridized carbons (Fsp3) is 0.667. The summed E-state index contributed by atoms with van der Waals surface area (Å²) in [5, 5.41) is 10.7. The highest BCUT2D eigenvalue weighted by Gasteiger charge is 2.25. The molecule has 0 saturated carbocycles. The van der Waals surface area contributed by atoms with Crippen molar-refractivity contribution in [3.05, 3.63) is 27.8 Å². The number of nitrogens with zero attached hydrogens (tertiary/aromatic N) is 4. The number of likely N-dealkylation sites (N-methyl/N-ethyl adjacent to an activating group) is 1. The van der Waals surface area contributed by atoms with Crippen molar-refractivity contribution in [2.45, 2.75) is 38.6 Å². The molecular weight excluding hydrogens is 334 g/mol. The van der Waals surface area contributed by atoms with Gasteiger partial charge in [-0.15, -0.1) is 23.7 Å². The maximum Gasteiger partial charge on any atom is 0.232 e. The van der Waals surface area contributed by atoms with Gasteiger partial charge < -0.3 is 9.84 Å². The van der Waals surface area contributed by atoms with E-state index in [1.165, 1.54) is 0 Å². The maximum absolute atomic E-state index is 5.41. The highest BCUT2D eigenvalue weighted by molar-refractivity contribution is 7.09. The van der Waals surface area contributed by atoms with E-state index in [0.717, 1.165) is 36.2 Å². The number of thiazole rings is 1. The van der Waals surface area contributed by atoms with Crippen molar-refractivity contribution < 1.29 is 4.52 Å². The number of nitrogens with one attached hydrogen (secondary N) is 1. The molecule has 1 aliphatic rings. The van der Waals surface area contributed by atoms with E-state index in [1.54, 1.807) is 11.3 Å². The van der Waals surface area contributed by atoms with Gasteiger partial charge in [-0.25, -0.2) is 4.98 Å². The second-order valence-corrected chi connectivity index (χ2v) is 7.68. The first-order valence-electron chi connectivity index (χ1n) is 7.62. The summed E-state index contributed by atoms with van der Waals surface area (Å²) in [6.45, 7) is 9.38. The molecule has 1 saturated heterocycles. The van der Waals surface area contributed by atoms with E-state index in [4.69, 9.17) is 4.52 Å². The average Bonchev–Trinajstić information content (AvgIpc) is 3.09. The zero-order chi connectivity index (χ0) is 15.7. The Bertz CT molecular complexity index is 636. The lowest BCUT2D eigenvalue weighted by Crippen LogP contribution is -2.44. The van der Waals surface area contributed by atoms with Gasteiger partial charge in [0.1, 0.15) is 0 Å². The minimum atomic E-state index is 0. The molecule has 0 aliphatic carbocycles. The van der Waals surface area contributed by atoms with Crippen molar-refractivity contribution in [1.82, 2.24) is 25.3 Å². The van der Waals surface area contributed by atoms with Crippen LogP contribution >= 0.6 is 23.7 Å². The molecule has 2 aromatic rings. The fourth-order valence-corrected chi connectivity index (χ4v) is 3.36. The average molecular weight is 358 g/mol. The summed E-state index contributed by atoms with van der Waals surface area (Å²) in [5.74, 6) is 1.40. The van der Waals surface area contributed by atoms with E-state index in [1.807, 2.05) is 0 Å². The first-order chi connectivity index (χ1) is 10.4. The van der Waals surface area contributed by atoms with Crippen LogP contribution in [0.2, 0.25) is 0 Å². The molecule has 2 aromatic heterocycles. The van der Waals surface area contributed by atoms with Gasteiger partial charge in [0.2, 0.25) is 5.89 Å². The molecule has 8 heteroatoms. The number of halogens is 1. The molecule has 23 heavy (non-hydrogen) atoms. The smallest absolute Gasteiger partial charge is 0.232 e. The van der Waals surface area contributed by atoms with Gasteiger partial charge in [-0.3, -0.25) is 4.90 Å². The van der Waals surface area contributed by atoms with Gasteiger partial charge in [-0.2, -0.15) is 4.98 Å². The first-order valence-corrected chi connectivity index (χ1v) is 8.50. The topological polar surface area (TPSA) is 67.1 Å².